The molecule has 0 aliphatic carbocycles. The molecule has 0 spiro atoms. The fourth-order valence-electron chi connectivity index (χ4n) is 2.39. The van der Waals surface area contributed by atoms with Crippen LogP contribution in [0.3, 0.4) is 0 Å². The largest absolute Gasteiger partial charge is 0.469 e. The van der Waals surface area contributed by atoms with Crippen LogP contribution in [0.1, 0.15) is 38.3 Å². The van der Waals surface area contributed by atoms with Crippen molar-refractivity contribution in [1.29, 1.82) is 0 Å². The summed E-state index contributed by atoms with van der Waals surface area (Å²) in [5.41, 5.74) is 1.03. The maximum absolute atomic E-state index is 11.6. The fourth-order valence-corrected chi connectivity index (χ4v) is 2.39. The van der Waals surface area contributed by atoms with Crippen LogP contribution in [0.4, 0.5) is 5.82 Å². The van der Waals surface area contributed by atoms with E-state index in [-0.39, 0.29) is 11.9 Å². The van der Waals surface area contributed by atoms with Gasteiger partial charge in [0.15, 0.2) is 0 Å². The number of piperidine rings is 1. The molecule has 1 saturated heterocycles. The lowest BCUT2D eigenvalue weighted by molar-refractivity contribution is -0.145. The van der Waals surface area contributed by atoms with Crippen LogP contribution in [0.2, 0.25) is 0 Å². The number of esters is 1. The average molecular weight is 263 g/mol. The van der Waals surface area contributed by atoms with Crippen molar-refractivity contribution in [2.75, 3.05) is 25.1 Å². The van der Waals surface area contributed by atoms with Gasteiger partial charge in [-0.25, -0.2) is 9.97 Å². The smallest absolute Gasteiger partial charge is 0.310 e. The predicted molar refractivity (Wildman–Crippen MR) is 73.1 cm³/mol. The van der Waals surface area contributed by atoms with E-state index in [9.17, 15) is 4.79 Å². The summed E-state index contributed by atoms with van der Waals surface area (Å²) in [7, 11) is 1.45. The van der Waals surface area contributed by atoms with E-state index in [2.05, 4.69) is 28.7 Å². The quantitative estimate of drug-likeness (QED) is 0.781. The topological polar surface area (TPSA) is 55.3 Å². The molecule has 5 heteroatoms. The van der Waals surface area contributed by atoms with Crippen LogP contribution in [0.25, 0.3) is 0 Å². The lowest BCUT2D eigenvalue weighted by Crippen LogP contribution is -2.39. The molecule has 5 nitrogen and oxygen atoms in total. The van der Waals surface area contributed by atoms with Crippen LogP contribution >= 0.6 is 0 Å². The van der Waals surface area contributed by atoms with Gasteiger partial charge in [0.1, 0.15) is 12.1 Å². The molecule has 2 heterocycles. The summed E-state index contributed by atoms with van der Waals surface area (Å²) in [5.74, 6) is 1.12. The SMILES string of the molecule is COC(=O)C1CCCN(c2cc(C(C)C)ncn2)C1. The number of hydrogen-bond acceptors (Lipinski definition) is 5. The van der Waals surface area contributed by atoms with E-state index in [0.717, 1.165) is 30.9 Å². The molecule has 1 atom stereocenters. The molecule has 0 saturated carbocycles. The molecule has 0 radical (unpaired) electrons. The van der Waals surface area contributed by atoms with Crippen molar-refractivity contribution < 1.29 is 9.53 Å². The second-order valence-electron chi connectivity index (χ2n) is 5.26. The van der Waals surface area contributed by atoms with Crippen molar-refractivity contribution >= 4 is 11.8 Å². The number of aromatic nitrogens is 2. The Balaban J connectivity index is 2.13. The van der Waals surface area contributed by atoms with E-state index in [1.165, 1.54) is 7.11 Å². The van der Waals surface area contributed by atoms with Crippen LogP contribution in [-0.4, -0.2) is 36.1 Å². The highest BCUT2D eigenvalue weighted by atomic mass is 16.5. The molecule has 1 fully saturated rings. The third kappa shape index (κ3) is 3.22. The van der Waals surface area contributed by atoms with Gasteiger partial charge in [-0.3, -0.25) is 4.79 Å². The van der Waals surface area contributed by atoms with Gasteiger partial charge in [0.2, 0.25) is 0 Å². The standard InChI is InChI=1S/C14H21N3O2/c1-10(2)12-7-13(16-9-15-12)17-6-4-5-11(8-17)14(18)19-3/h7,9-11H,4-6,8H2,1-3H3. The zero-order valence-corrected chi connectivity index (χ0v) is 11.8. The maximum Gasteiger partial charge on any atom is 0.310 e. The maximum atomic E-state index is 11.6. The molecule has 104 valence electrons. The highest BCUT2D eigenvalue weighted by Gasteiger charge is 2.27. The number of ether oxygens (including phenoxy) is 1. The Morgan fingerprint density at radius 1 is 1.47 bits per heavy atom. The first-order chi connectivity index (χ1) is 9.11. The molecular formula is C14H21N3O2. The summed E-state index contributed by atoms with van der Waals surface area (Å²) >= 11 is 0. The number of rotatable bonds is 3. The zero-order valence-electron chi connectivity index (χ0n) is 11.8. The zero-order chi connectivity index (χ0) is 13.8. The van der Waals surface area contributed by atoms with E-state index < -0.39 is 0 Å². The van der Waals surface area contributed by atoms with E-state index in [0.29, 0.717) is 12.5 Å². The molecule has 0 aromatic carbocycles. The first kappa shape index (κ1) is 13.8. The lowest BCUT2D eigenvalue weighted by atomic mass is 9.98. The summed E-state index contributed by atoms with van der Waals surface area (Å²) in [4.78, 5) is 22.4. The van der Waals surface area contributed by atoms with Crippen LogP contribution in [-0.2, 0) is 9.53 Å². The molecule has 1 aromatic rings. The van der Waals surface area contributed by atoms with Gasteiger partial charge >= 0.3 is 5.97 Å². The second-order valence-corrected chi connectivity index (χ2v) is 5.26. The number of carbonyl (C=O) groups is 1. The van der Waals surface area contributed by atoms with Crippen LogP contribution in [0.15, 0.2) is 12.4 Å². The van der Waals surface area contributed by atoms with Gasteiger partial charge in [-0.05, 0) is 18.8 Å². The Kier molecular flexibility index (Phi) is 4.35. The van der Waals surface area contributed by atoms with E-state index in [1.807, 2.05) is 6.07 Å². The summed E-state index contributed by atoms with van der Waals surface area (Å²) < 4.78 is 4.84. The van der Waals surface area contributed by atoms with Crippen molar-refractivity contribution in [1.82, 2.24) is 9.97 Å². The summed E-state index contributed by atoms with van der Waals surface area (Å²) in [6.45, 7) is 5.84. The number of hydrogen-bond donors (Lipinski definition) is 0. The summed E-state index contributed by atoms with van der Waals surface area (Å²) in [6, 6.07) is 2.02. The van der Waals surface area contributed by atoms with Crippen LogP contribution in [0, 0.1) is 5.92 Å². The van der Waals surface area contributed by atoms with Gasteiger partial charge in [0, 0.05) is 24.8 Å². The molecule has 1 unspecified atom stereocenters. The molecule has 1 aliphatic heterocycles. The first-order valence-electron chi connectivity index (χ1n) is 6.76. The van der Waals surface area contributed by atoms with Crippen molar-refractivity contribution in [2.24, 2.45) is 5.92 Å². The minimum absolute atomic E-state index is 0.0452. The molecule has 0 bridgehead atoms. The van der Waals surface area contributed by atoms with Crippen molar-refractivity contribution in [3.05, 3.63) is 18.1 Å². The minimum atomic E-state index is -0.122. The van der Waals surface area contributed by atoms with Crippen LogP contribution in [0.5, 0.6) is 0 Å². The minimum Gasteiger partial charge on any atom is -0.469 e. The monoisotopic (exact) mass is 263 g/mol. The van der Waals surface area contributed by atoms with Gasteiger partial charge in [-0.2, -0.15) is 0 Å². The Labute approximate surface area is 114 Å². The van der Waals surface area contributed by atoms with Crippen LogP contribution < -0.4 is 4.90 Å². The molecule has 19 heavy (non-hydrogen) atoms. The van der Waals surface area contributed by atoms with Gasteiger partial charge in [0.05, 0.1) is 13.0 Å². The molecule has 2 rings (SSSR count). The molecular weight excluding hydrogens is 242 g/mol. The number of nitrogens with zero attached hydrogens (tertiary/aromatic N) is 3. The van der Waals surface area contributed by atoms with Gasteiger partial charge in [0.25, 0.3) is 0 Å². The number of carbonyl (C=O) groups excluding carboxylic acids is 1. The van der Waals surface area contributed by atoms with Gasteiger partial charge in [-0.1, -0.05) is 13.8 Å². The molecule has 1 aromatic heterocycles. The molecule has 0 N–H and O–H groups in total. The Bertz CT molecular complexity index is 448. The Morgan fingerprint density at radius 3 is 2.95 bits per heavy atom. The van der Waals surface area contributed by atoms with E-state index >= 15 is 0 Å². The summed E-state index contributed by atoms with van der Waals surface area (Å²) in [5, 5.41) is 0. The molecule has 0 amide bonds. The summed E-state index contributed by atoms with van der Waals surface area (Å²) in [6.07, 6.45) is 3.48. The van der Waals surface area contributed by atoms with Gasteiger partial charge in [-0.15, -0.1) is 0 Å². The first-order valence-corrected chi connectivity index (χ1v) is 6.76. The highest BCUT2D eigenvalue weighted by molar-refractivity contribution is 5.73. The molecule has 1 aliphatic rings. The normalized spacial score (nSPS) is 19.6. The third-order valence-corrected chi connectivity index (χ3v) is 3.55. The Morgan fingerprint density at radius 2 is 2.26 bits per heavy atom. The van der Waals surface area contributed by atoms with Gasteiger partial charge < -0.3 is 9.64 Å². The Hall–Kier alpha value is -1.65. The number of anilines is 1. The van der Waals surface area contributed by atoms with E-state index in [1.54, 1.807) is 6.33 Å². The third-order valence-electron chi connectivity index (χ3n) is 3.55. The highest BCUT2D eigenvalue weighted by Crippen LogP contribution is 2.24. The fraction of sp³-hybridized carbons (Fsp3) is 0.643. The van der Waals surface area contributed by atoms with Crippen molar-refractivity contribution in [3.8, 4) is 0 Å². The lowest BCUT2D eigenvalue weighted by Gasteiger charge is -2.32. The number of methoxy groups -OCH3 is 1. The average Bonchev–Trinajstić information content (AvgIpc) is 2.46. The van der Waals surface area contributed by atoms with E-state index in [4.69, 9.17) is 4.74 Å². The van der Waals surface area contributed by atoms with Crippen molar-refractivity contribution in [2.45, 2.75) is 32.6 Å². The predicted octanol–water partition coefficient (Wildman–Crippen LogP) is 1.99. The van der Waals surface area contributed by atoms with Crippen molar-refractivity contribution in [3.63, 3.8) is 0 Å². The second kappa shape index (κ2) is 5.99.